The van der Waals surface area contributed by atoms with Gasteiger partial charge in [-0.2, -0.15) is 0 Å². The standard InChI is InChI=1S/C20H23N3O3S/c1-22(12-17-21-15-8-4-5-9-16(15)27-17)18(24)10-11-23-19(25)13-6-2-3-7-14(13)20(23)26/h4-5,8-9,13-14H,2-3,6-7,10-12H2,1H3. The first-order chi connectivity index (χ1) is 13.0. The van der Waals surface area contributed by atoms with Gasteiger partial charge in [0.05, 0.1) is 28.6 Å². The first kappa shape index (κ1) is 18.1. The van der Waals surface area contributed by atoms with Gasteiger partial charge >= 0.3 is 0 Å². The molecule has 1 aliphatic carbocycles. The van der Waals surface area contributed by atoms with Crippen LogP contribution in [0.15, 0.2) is 24.3 Å². The van der Waals surface area contributed by atoms with Crippen LogP contribution in [0, 0.1) is 11.8 Å². The smallest absolute Gasteiger partial charge is 0.233 e. The normalized spacial score (nSPS) is 22.3. The molecule has 0 radical (unpaired) electrons. The largest absolute Gasteiger partial charge is 0.339 e. The molecule has 0 spiro atoms. The molecule has 7 heteroatoms. The maximum Gasteiger partial charge on any atom is 0.233 e. The van der Waals surface area contributed by atoms with Crippen molar-refractivity contribution in [2.24, 2.45) is 11.8 Å². The number of likely N-dealkylation sites (tertiary alicyclic amines) is 1. The lowest BCUT2D eigenvalue weighted by atomic mass is 9.81. The number of nitrogens with zero attached hydrogens (tertiary/aromatic N) is 3. The quantitative estimate of drug-likeness (QED) is 0.742. The molecule has 2 aliphatic rings. The van der Waals surface area contributed by atoms with Gasteiger partial charge in [-0.1, -0.05) is 25.0 Å². The fraction of sp³-hybridized carbons (Fsp3) is 0.500. The molecule has 142 valence electrons. The SMILES string of the molecule is CN(Cc1nc2ccccc2s1)C(=O)CCN1C(=O)C2CCCCC2C1=O. The summed E-state index contributed by atoms with van der Waals surface area (Å²) in [6.45, 7) is 0.624. The van der Waals surface area contributed by atoms with Crippen molar-refractivity contribution < 1.29 is 14.4 Å². The zero-order valence-corrected chi connectivity index (χ0v) is 16.2. The maximum absolute atomic E-state index is 12.5. The maximum atomic E-state index is 12.5. The molecule has 6 nitrogen and oxygen atoms in total. The molecule has 2 unspecified atom stereocenters. The van der Waals surface area contributed by atoms with Gasteiger partial charge in [-0.25, -0.2) is 4.98 Å². The van der Waals surface area contributed by atoms with Crippen LogP contribution in [-0.2, 0) is 20.9 Å². The van der Waals surface area contributed by atoms with Crippen molar-refractivity contribution in [2.45, 2.75) is 38.6 Å². The highest BCUT2D eigenvalue weighted by atomic mass is 32.1. The van der Waals surface area contributed by atoms with Crippen molar-refractivity contribution in [1.29, 1.82) is 0 Å². The van der Waals surface area contributed by atoms with E-state index in [0.29, 0.717) is 6.54 Å². The molecule has 1 aromatic heterocycles. The minimum Gasteiger partial charge on any atom is -0.339 e. The van der Waals surface area contributed by atoms with Crippen molar-refractivity contribution in [3.05, 3.63) is 29.3 Å². The average Bonchev–Trinajstić information content (AvgIpc) is 3.19. The fourth-order valence-corrected chi connectivity index (χ4v) is 5.15. The van der Waals surface area contributed by atoms with Gasteiger partial charge in [0.1, 0.15) is 5.01 Å². The monoisotopic (exact) mass is 385 g/mol. The highest BCUT2D eigenvalue weighted by Crippen LogP contribution is 2.38. The second-order valence-electron chi connectivity index (χ2n) is 7.40. The molecule has 1 aromatic carbocycles. The van der Waals surface area contributed by atoms with Crippen LogP contribution in [0.4, 0.5) is 0 Å². The second-order valence-corrected chi connectivity index (χ2v) is 8.52. The Morgan fingerprint density at radius 2 is 1.85 bits per heavy atom. The Bertz CT molecular complexity index is 836. The van der Waals surface area contributed by atoms with Gasteiger partial charge in [0.25, 0.3) is 0 Å². The molecule has 0 bridgehead atoms. The number of carbonyl (C=O) groups is 3. The molecule has 0 N–H and O–H groups in total. The third-order valence-corrected chi connectivity index (χ3v) is 6.64. The van der Waals surface area contributed by atoms with Crippen LogP contribution < -0.4 is 0 Å². The van der Waals surface area contributed by atoms with E-state index in [2.05, 4.69) is 4.98 Å². The summed E-state index contributed by atoms with van der Waals surface area (Å²) in [7, 11) is 1.74. The Morgan fingerprint density at radius 3 is 2.52 bits per heavy atom. The third kappa shape index (κ3) is 3.48. The molecule has 2 heterocycles. The summed E-state index contributed by atoms with van der Waals surface area (Å²) in [5, 5.41) is 0.881. The average molecular weight is 385 g/mol. The Labute approximate surface area is 162 Å². The van der Waals surface area contributed by atoms with E-state index in [1.54, 1.807) is 23.3 Å². The number of rotatable bonds is 5. The Morgan fingerprint density at radius 1 is 1.19 bits per heavy atom. The van der Waals surface area contributed by atoms with Crippen LogP contribution in [0.5, 0.6) is 0 Å². The number of aromatic nitrogens is 1. The predicted octanol–water partition coefficient (Wildman–Crippen LogP) is 2.82. The van der Waals surface area contributed by atoms with Crippen molar-refractivity contribution in [2.75, 3.05) is 13.6 Å². The van der Waals surface area contributed by atoms with Crippen LogP contribution in [0.1, 0.15) is 37.1 Å². The number of imide groups is 1. The molecular weight excluding hydrogens is 362 g/mol. The molecule has 1 saturated heterocycles. The van der Waals surface area contributed by atoms with Gasteiger partial charge in [-0.3, -0.25) is 19.3 Å². The fourth-order valence-electron chi connectivity index (χ4n) is 4.13. The number of thiazole rings is 1. The van der Waals surface area contributed by atoms with Crippen molar-refractivity contribution in [3.63, 3.8) is 0 Å². The van der Waals surface area contributed by atoms with Gasteiger partial charge in [0.2, 0.25) is 17.7 Å². The summed E-state index contributed by atoms with van der Waals surface area (Å²) < 4.78 is 1.10. The molecule has 4 rings (SSSR count). The van der Waals surface area contributed by atoms with E-state index in [1.807, 2.05) is 24.3 Å². The Hall–Kier alpha value is -2.28. The predicted molar refractivity (Wildman–Crippen MR) is 103 cm³/mol. The summed E-state index contributed by atoms with van der Waals surface area (Å²) in [5.41, 5.74) is 0.939. The number of amides is 3. The molecule has 1 aliphatic heterocycles. The van der Waals surface area contributed by atoms with E-state index in [-0.39, 0.29) is 42.5 Å². The van der Waals surface area contributed by atoms with E-state index in [0.717, 1.165) is 40.9 Å². The molecule has 2 aromatic rings. The van der Waals surface area contributed by atoms with Crippen molar-refractivity contribution in [3.8, 4) is 0 Å². The molecule has 27 heavy (non-hydrogen) atoms. The number of fused-ring (bicyclic) bond motifs is 2. The van der Waals surface area contributed by atoms with Crippen molar-refractivity contribution in [1.82, 2.24) is 14.8 Å². The van der Waals surface area contributed by atoms with Gasteiger partial charge < -0.3 is 4.90 Å². The lowest BCUT2D eigenvalue weighted by Gasteiger charge is -2.19. The van der Waals surface area contributed by atoms with Gasteiger partial charge in [-0.05, 0) is 25.0 Å². The van der Waals surface area contributed by atoms with Crippen LogP contribution >= 0.6 is 11.3 Å². The summed E-state index contributed by atoms with van der Waals surface area (Å²) in [4.78, 5) is 45.0. The Kier molecular flexibility index (Phi) is 4.95. The first-order valence-electron chi connectivity index (χ1n) is 9.48. The highest BCUT2D eigenvalue weighted by Gasteiger charge is 2.47. The Balaban J connectivity index is 1.34. The minimum atomic E-state index is -0.151. The highest BCUT2D eigenvalue weighted by molar-refractivity contribution is 7.18. The topological polar surface area (TPSA) is 70.6 Å². The van der Waals surface area contributed by atoms with Gasteiger partial charge in [-0.15, -0.1) is 11.3 Å². The summed E-state index contributed by atoms with van der Waals surface area (Å²) in [6, 6.07) is 7.90. The molecular formula is C20H23N3O3S. The van der Waals surface area contributed by atoms with E-state index in [4.69, 9.17) is 0 Å². The number of hydrogen-bond donors (Lipinski definition) is 0. The number of para-hydroxylation sites is 1. The zero-order chi connectivity index (χ0) is 19.0. The van der Waals surface area contributed by atoms with Crippen LogP contribution in [-0.4, -0.2) is 46.1 Å². The summed E-state index contributed by atoms with van der Waals surface area (Å²) in [6.07, 6.45) is 3.79. The minimum absolute atomic E-state index is 0.0775. The van der Waals surface area contributed by atoms with E-state index < -0.39 is 0 Å². The molecule has 2 atom stereocenters. The van der Waals surface area contributed by atoms with Gasteiger partial charge in [0.15, 0.2) is 0 Å². The second kappa shape index (κ2) is 7.38. The van der Waals surface area contributed by atoms with Crippen LogP contribution in [0.2, 0.25) is 0 Å². The van der Waals surface area contributed by atoms with Crippen LogP contribution in [0.3, 0.4) is 0 Å². The first-order valence-corrected chi connectivity index (χ1v) is 10.3. The molecule has 3 amide bonds. The lowest BCUT2D eigenvalue weighted by molar-refractivity contribution is -0.140. The van der Waals surface area contributed by atoms with Crippen LogP contribution in [0.25, 0.3) is 10.2 Å². The third-order valence-electron chi connectivity index (χ3n) is 5.62. The van der Waals surface area contributed by atoms with E-state index in [9.17, 15) is 14.4 Å². The summed E-state index contributed by atoms with van der Waals surface area (Å²) >= 11 is 1.58. The van der Waals surface area contributed by atoms with Gasteiger partial charge in [0, 0.05) is 20.0 Å². The lowest BCUT2D eigenvalue weighted by Crippen LogP contribution is -2.36. The molecule has 2 fully saturated rings. The summed E-state index contributed by atoms with van der Waals surface area (Å²) in [5.74, 6) is -0.536. The van der Waals surface area contributed by atoms with E-state index in [1.165, 1.54) is 4.90 Å². The van der Waals surface area contributed by atoms with E-state index >= 15 is 0 Å². The number of benzene rings is 1. The number of carbonyl (C=O) groups excluding carboxylic acids is 3. The van der Waals surface area contributed by atoms with Crippen molar-refractivity contribution >= 4 is 39.3 Å². The zero-order valence-electron chi connectivity index (χ0n) is 15.4. The number of hydrogen-bond acceptors (Lipinski definition) is 5. The molecule has 1 saturated carbocycles.